The second kappa shape index (κ2) is 5.65. The lowest BCUT2D eigenvalue weighted by molar-refractivity contribution is -0.126. The van der Waals surface area contributed by atoms with Crippen molar-refractivity contribution in [3.8, 4) is 0 Å². The van der Waals surface area contributed by atoms with Crippen molar-refractivity contribution in [2.75, 3.05) is 24.5 Å². The molecule has 1 aromatic heterocycles. The predicted molar refractivity (Wildman–Crippen MR) is 78.0 cm³/mol. The average Bonchev–Trinajstić information content (AvgIpc) is 2.70. The van der Waals surface area contributed by atoms with Gasteiger partial charge in [-0.05, 0) is 37.9 Å². The molecule has 1 amide bonds. The summed E-state index contributed by atoms with van der Waals surface area (Å²) in [5, 5.41) is 3.94. The molecular weight excluding hydrogens is 285 g/mol. The van der Waals surface area contributed by atoms with E-state index in [-0.39, 0.29) is 23.7 Å². The number of nitrogens with one attached hydrogen (secondary N) is 1. The molecule has 0 aliphatic carbocycles. The van der Waals surface area contributed by atoms with E-state index < -0.39 is 0 Å². The summed E-state index contributed by atoms with van der Waals surface area (Å²) in [5.74, 6) is 0.927. The number of hydrogen-bond acceptors (Lipinski definition) is 3. The summed E-state index contributed by atoms with van der Waals surface area (Å²) in [5.41, 5.74) is -0.195. The van der Waals surface area contributed by atoms with Crippen LogP contribution in [0.15, 0.2) is 18.3 Å². The largest absolute Gasteiger partial charge is 0.316 e. The highest BCUT2D eigenvalue weighted by atomic mass is 35.5. The van der Waals surface area contributed by atoms with Gasteiger partial charge >= 0.3 is 0 Å². The van der Waals surface area contributed by atoms with E-state index >= 15 is 0 Å². The summed E-state index contributed by atoms with van der Waals surface area (Å²) in [7, 11) is 0. The summed E-state index contributed by atoms with van der Waals surface area (Å²) in [6.07, 6.45) is 4.58. The van der Waals surface area contributed by atoms with Gasteiger partial charge in [-0.3, -0.25) is 9.69 Å². The number of hydrogen-bond donors (Lipinski definition) is 1. The van der Waals surface area contributed by atoms with Crippen molar-refractivity contribution in [3.05, 3.63) is 23.4 Å². The first kappa shape index (κ1) is 14.6. The van der Waals surface area contributed by atoms with Gasteiger partial charge in [0.05, 0.1) is 10.4 Å². The van der Waals surface area contributed by atoms with Gasteiger partial charge in [0.25, 0.3) is 0 Å². The Hall–Kier alpha value is -0.840. The highest BCUT2D eigenvalue weighted by molar-refractivity contribution is 6.30. The molecule has 3 heterocycles. The number of anilines is 1. The van der Waals surface area contributed by atoms with Gasteiger partial charge in [0.1, 0.15) is 5.82 Å². The Bertz CT molecular complexity index is 457. The van der Waals surface area contributed by atoms with Gasteiger partial charge in [-0.2, -0.15) is 0 Å². The van der Waals surface area contributed by atoms with Crippen molar-refractivity contribution in [2.24, 2.45) is 5.41 Å². The highest BCUT2D eigenvalue weighted by Gasteiger charge is 2.47. The molecule has 2 fully saturated rings. The van der Waals surface area contributed by atoms with E-state index in [9.17, 15) is 4.79 Å². The van der Waals surface area contributed by atoms with Gasteiger partial charge < -0.3 is 5.32 Å². The van der Waals surface area contributed by atoms with Crippen molar-refractivity contribution in [3.63, 3.8) is 0 Å². The smallest absolute Gasteiger partial charge is 0.235 e. The van der Waals surface area contributed by atoms with Crippen LogP contribution in [0, 0.1) is 5.41 Å². The van der Waals surface area contributed by atoms with Crippen LogP contribution >= 0.6 is 24.0 Å². The normalized spacial score (nSPS) is 26.6. The zero-order valence-electron chi connectivity index (χ0n) is 10.6. The first-order valence-electron chi connectivity index (χ1n) is 6.36. The molecule has 0 radical (unpaired) electrons. The summed E-state index contributed by atoms with van der Waals surface area (Å²) >= 11 is 5.82. The number of halogens is 2. The highest BCUT2D eigenvalue weighted by Crippen LogP contribution is 2.39. The van der Waals surface area contributed by atoms with Crippen LogP contribution in [0.1, 0.15) is 19.3 Å². The van der Waals surface area contributed by atoms with Crippen molar-refractivity contribution in [2.45, 2.75) is 19.3 Å². The number of rotatable bonds is 1. The Balaban J connectivity index is 0.00000133. The van der Waals surface area contributed by atoms with Gasteiger partial charge in [-0.1, -0.05) is 11.6 Å². The molecule has 104 valence electrons. The lowest BCUT2D eigenvalue weighted by Crippen LogP contribution is -2.45. The number of carbonyl (C=O) groups excluding carboxylic acids is 1. The van der Waals surface area contributed by atoms with Crippen molar-refractivity contribution in [1.82, 2.24) is 10.3 Å². The number of piperidine rings is 1. The number of amides is 1. The van der Waals surface area contributed by atoms with E-state index in [1.165, 1.54) is 0 Å². The molecular formula is C13H17Cl2N3O. The lowest BCUT2D eigenvalue weighted by Gasteiger charge is -2.31. The van der Waals surface area contributed by atoms with E-state index in [0.717, 1.165) is 38.9 Å². The topological polar surface area (TPSA) is 45.2 Å². The van der Waals surface area contributed by atoms with Crippen molar-refractivity contribution >= 4 is 35.7 Å². The molecule has 4 nitrogen and oxygen atoms in total. The Labute approximate surface area is 123 Å². The Morgan fingerprint density at radius 1 is 1.37 bits per heavy atom. The zero-order chi connectivity index (χ0) is 12.6. The summed E-state index contributed by atoms with van der Waals surface area (Å²) < 4.78 is 0. The van der Waals surface area contributed by atoms with Gasteiger partial charge in [0.2, 0.25) is 5.91 Å². The Kier molecular flexibility index (Phi) is 4.33. The third-order valence-electron chi connectivity index (χ3n) is 3.97. The molecule has 0 saturated carbocycles. The zero-order valence-corrected chi connectivity index (χ0v) is 12.1. The van der Waals surface area contributed by atoms with Crippen LogP contribution in [0.5, 0.6) is 0 Å². The molecule has 2 saturated heterocycles. The van der Waals surface area contributed by atoms with Crippen LogP contribution in [-0.2, 0) is 4.79 Å². The minimum Gasteiger partial charge on any atom is -0.316 e. The maximum Gasteiger partial charge on any atom is 0.235 e. The average molecular weight is 302 g/mol. The molecule has 2 aliphatic heterocycles. The third kappa shape index (κ3) is 2.57. The van der Waals surface area contributed by atoms with E-state index in [2.05, 4.69) is 10.3 Å². The number of nitrogens with zero attached hydrogens (tertiary/aromatic N) is 2. The maximum absolute atomic E-state index is 12.6. The van der Waals surface area contributed by atoms with Crippen LogP contribution in [0.25, 0.3) is 0 Å². The van der Waals surface area contributed by atoms with Crippen LogP contribution in [0.4, 0.5) is 5.82 Å². The quantitative estimate of drug-likeness (QED) is 0.865. The molecule has 0 bridgehead atoms. The van der Waals surface area contributed by atoms with Gasteiger partial charge in [-0.15, -0.1) is 12.4 Å². The molecule has 1 aromatic rings. The standard InChI is InChI=1S/C13H16ClN3O.ClH/c14-10-2-3-11(16-8-10)17-7-5-13(12(17)18)4-1-6-15-9-13;/h2-3,8,15H,1,4-7,9H2;1H. The third-order valence-corrected chi connectivity index (χ3v) is 4.20. The van der Waals surface area contributed by atoms with E-state index in [1.807, 2.05) is 6.07 Å². The van der Waals surface area contributed by atoms with Gasteiger partial charge in [0.15, 0.2) is 0 Å². The first-order valence-corrected chi connectivity index (χ1v) is 6.73. The van der Waals surface area contributed by atoms with E-state index in [1.54, 1.807) is 17.2 Å². The van der Waals surface area contributed by atoms with Crippen LogP contribution in [-0.4, -0.2) is 30.5 Å². The van der Waals surface area contributed by atoms with Gasteiger partial charge in [0, 0.05) is 19.3 Å². The minimum atomic E-state index is -0.195. The molecule has 1 unspecified atom stereocenters. The number of aromatic nitrogens is 1. The molecule has 3 rings (SSSR count). The molecule has 19 heavy (non-hydrogen) atoms. The van der Waals surface area contributed by atoms with E-state index in [0.29, 0.717) is 10.8 Å². The number of carbonyl (C=O) groups is 1. The fourth-order valence-corrected chi connectivity index (χ4v) is 3.04. The summed E-state index contributed by atoms with van der Waals surface area (Å²) in [6.45, 7) is 2.58. The van der Waals surface area contributed by atoms with Crippen molar-refractivity contribution < 1.29 is 4.79 Å². The molecule has 6 heteroatoms. The molecule has 0 aromatic carbocycles. The fraction of sp³-hybridized carbons (Fsp3) is 0.538. The maximum atomic E-state index is 12.6. The van der Waals surface area contributed by atoms with Crippen LogP contribution in [0.3, 0.4) is 0 Å². The van der Waals surface area contributed by atoms with Crippen molar-refractivity contribution in [1.29, 1.82) is 0 Å². The Morgan fingerprint density at radius 3 is 2.84 bits per heavy atom. The molecule has 1 atom stereocenters. The second-order valence-electron chi connectivity index (χ2n) is 5.10. The van der Waals surface area contributed by atoms with Crippen LogP contribution < -0.4 is 10.2 Å². The summed E-state index contributed by atoms with van der Waals surface area (Å²) in [6, 6.07) is 3.59. The predicted octanol–water partition coefficient (Wildman–Crippen LogP) is 2.26. The van der Waals surface area contributed by atoms with Crippen LogP contribution in [0.2, 0.25) is 5.02 Å². The minimum absolute atomic E-state index is 0. The summed E-state index contributed by atoms with van der Waals surface area (Å²) in [4.78, 5) is 18.6. The molecule has 2 aliphatic rings. The second-order valence-corrected chi connectivity index (χ2v) is 5.54. The number of pyridine rings is 1. The Morgan fingerprint density at radius 2 is 2.21 bits per heavy atom. The molecule has 1 N–H and O–H groups in total. The fourth-order valence-electron chi connectivity index (χ4n) is 2.93. The monoisotopic (exact) mass is 301 g/mol. The van der Waals surface area contributed by atoms with Gasteiger partial charge in [-0.25, -0.2) is 4.98 Å². The lowest BCUT2D eigenvalue weighted by atomic mass is 9.79. The SMILES string of the molecule is Cl.O=C1N(c2ccc(Cl)cn2)CCC12CCCNC2. The molecule has 1 spiro atoms. The first-order chi connectivity index (χ1) is 8.71. The van der Waals surface area contributed by atoms with E-state index in [4.69, 9.17) is 11.6 Å².